The Morgan fingerprint density at radius 2 is 2.11 bits per heavy atom. The number of rotatable bonds is 3. The minimum Gasteiger partial charge on any atom is -0.399 e. The fraction of sp³-hybridized carbons (Fsp3) is 0.385. The molecule has 5 heteroatoms. The summed E-state index contributed by atoms with van der Waals surface area (Å²) in [5, 5.41) is 4.03. The standard InChI is InChI=1S/C13H16N4O/c14-11-5-3-4-10(8-11)9-12-15-13(16-18-12)17-6-1-2-7-17/h3-5,8H,1-2,6-7,9,14H2. The SMILES string of the molecule is Nc1cccc(Cc2nc(N3CCCC3)no2)c1. The lowest BCUT2D eigenvalue weighted by atomic mass is 10.1. The molecule has 18 heavy (non-hydrogen) atoms. The summed E-state index contributed by atoms with van der Waals surface area (Å²) >= 11 is 0. The number of nitrogens with zero attached hydrogens (tertiary/aromatic N) is 3. The summed E-state index contributed by atoms with van der Waals surface area (Å²) < 4.78 is 5.28. The van der Waals surface area contributed by atoms with Crippen LogP contribution in [0.25, 0.3) is 0 Å². The van der Waals surface area contributed by atoms with Crippen molar-refractivity contribution in [3.63, 3.8) is 0 Å². The van der Waals surface area contributed by atoms with Crippen molar-refractivity contribution in [2.45, 2.75) is 19.3 Å². The van der Waals surface area contributed by atoms with Crippen LogP contribution in [0.15, 0.2) is 28.8 Å². The maximum atomic E-state index is 5.74. The van der Waals surface area contributed by atoms with Crippen molar-refractivity contribution in [2.75, 3.05) is 23.7 Å². The maximum absolute atomic E-state index is 5.74. The highest BCUT2D eigenvalue weighted by Gasteiger charge is 2.17. The summed E-state index contributed by atoms with van der Waals surface area (Å²) in [4.78, 5) is 6.58. The molecule has 0 atom stereocenters. The van der Waals surface area contributed by atoms with Crippen LogP contribution < -0.4 is 10.6 Å². The summed E-state index contributed by atoms with van der Waals surface area (Å²) in [7, 11) is 0. The van der Waals surface area contributed by atoms with Crippen molar-refractivity contribution in [3.8, 4) is 0 Å². The summed E-state index contributed by atoms with van der Waals surface area (Å²) in [5.74, 6) is 1.36. The average molecular weight is 244 g/mol. The van der Waals surface area contributed by atoms with Gasteiger partial charge in [0.2, 0.25) is 5.89 Å². The van der Waals surface area contributed by atoms with Gasteiger partial charge in [-0.1, -0.05) is 12.1 Å². The molecule has 2 N–H and O–H groups in total. The van der Waals surface area contributed by atoms with Gasteiger partial charge in [0.05, 0.1) is 6.42 Å². The molecule has 0 amide bonds. The molecular formula is C13H16N4O. The van der Waals surface area contributed by atoms with Crippen molar-refractivity contribution < 1.29 is 4.52 Å². The number of hydrogen-bond acceptors (Lipinski definition) is 5. The van der Waals surface area contributed by atoms with Crippen LogP contribution in [0.2, 0.25) is 0 Å². The van der Waals surface area contributed by atoms with E-state index in [1.165, 1.54) is 12.8 Å². The molecule has 3 rings (SSSR count). The van der Waals surface area contributed by atoms with E-state index >= 15 is 0 Å². The molecule has 1 aromatic heterocycles. The first-order valence-corrected chi connectivity index (χ1v) is 6.23. The summed E-state index contributed by atoms with van der Waals surface area (Å²) in [6.45, 7) is 2.05. The number of hydrogen-bond donors (Lipinski definition) is 1. The van der Waals surface area contributed by atoms with Crippen LogP contribution in [0.3, 0.4) is 0 Å². The Kier molecular flexibility index (Phi) is 2.88. The Bertz CT molecular complexity index is 531. The molecule has 1 aliphatic rings. The monoisotopic (exact) mass is 244 g/mol. The lowest BCUT2D eigenvalue weighted by Gasteiger charge is -2.09. The summed E-state index contributed by atoms with van der Waals surface area (Å²) in [6.07, 6.45) is 3.05. The third kappa shape index (κ3) is 2.30. The minimum atomic E-state index is 0.631. The van der Waals surface area contributed by atoms with Crippen LogP contribution in [-0.2, 0) is 6.42 Å². The van der Waals surface area contributed by atoms with Gasteiger partial charge in [-0.2, -0.15) is 4.98 Å². The highest BCUT2D eigenvalue weighted by molar-refractivity contribution is 5.41. The van der Waals surface area contributed by atoms with Gasteiger partial charge >= 0.3 is 0 Å². The Morgan fingerprint density at radius 1 is 1.28 bits per heavy atom. The lowest BCUT2D eigenvalue weighted by Crippen LogP contribution is -2.18. The first-order valence-electron chi connectivity index (χ1n) is 6.23. The average Bonchev–Trinajstić information content (AvgIpc) is 2.98. The second kappa shape index (κ2) is 4.68. The predicted octanol–water partition coefficient (Wildman–Crippen LogP) is 1.84. The highest BCUT2D eigenvalue weighted by atomic mass is 16.5. The van der Waals surface area contributed by atoms with E-state index in [1.54, 1.807) is 0 Å². The number of benzene rings is 1. The van der Waals surface area contributed by atoms with Crippen LogP contribution in [0.4, 0.5) is 11.6 Å². The van der Waals surface area contributed by atoms with Crippen LogP contribution in [0.5, 0.6) is 0 Å². The Labute approximate surface area is 106 Å². The third-order valence-electron chi connectivity index (χ3n) is 3.15. The second-order valence-electron chi connectivity index (χ2n) is 4.60. The zero-order valence-electron chi connectivity index (χ0n) is 10.2. The Hall–Kier alpha value is -2.04. The van der Waals surface area contributed by atoms with Gasteiger partial charge in [0, 0.05) is 18.8 Å². The van der Waals surface area contributed by atoms with Gasteiger partial charge in [-0.05, 0) is 35.7 Å². The van der Waals surface area contributed by atoms with E-state index in [9.17, 15) is 0 Å². The molecule has 1 fully saturated rings. The lowest BCUT2D eigenvalue weighted by molar-refractivity contribution is 0.384. The molecular weight excluding hydrogens is 228 g/mol. The molecule has 0 bridgehead atoms. The number of aromatic nitrogens is 2. The molecule has 0 radical (unpaired) electrons. The van der Waals surface area contributed by atoms with E-state index < -0.39 is 0 Å². The van der Waals surface area contributed by atoms with Crippen molar-refractivity contribution in [1.82, 2.24) is 10.1 Å². The number of nitrogen functional groups attached to an aromatic ring is 1. The van der Waals surface area contributed by atoms with E-state index in [-0.39, 0.29) is 0 Å². The molecule has 0 aliphatic carbocycles. The van der Waals surface area contributed by atoms with Crippen molar-refractivity contribution in [2.24, 2.45) is 0 Å². The van der Waals surface area contributed by atoms with Gasteiger partial charge in [-0.25, -0.2) is 0 Å². The van der Waals surface area contributed by atoms with E-state index in [0.717, 1.165) is 24.3 Å². The molecule has 0 unspecified atom stereocenters. The third-order valence-corrected chi connectivity index (χ3v) is 3.15. The molecule has 94 valence electrons. The first kappa shape index (κ1) is 11.1. The van der Waals surface area contributed by atoms with Crippen molar-refractivity contribution in [1.29, 1.82) is 0 Å². The highest BCUT2D eigenvalue weighted by Crippen LogP contribution is 2.18. The van der Waals surface area contributed by atoms with Crippen LogP contribution in [-0.4, -0.2) is 23.2 Å². The zero-order chi connectivity index (χ0) is 12.4. The molecule has 0 saturated carbocycles. The minimum absolute atomic E-state index is 0.631. The maximum Gasteiger partial charge on any atom is 0.266 e. The summed E-state index contributed by atoms with van der Waals surface area (Å²) in [6, 6.07) is 7.74. The van der Waals surface area contributed by atoms with E-state index in [2.05, 4.69) is 15.0 Å². The van der Waals surface area contributed by atoms with Gasteiger partial charge in [-0.15, -0.1) is 0 Å². The van der Waals surface area contributed by atoms with Crippen LogP contribution in [0, 0.1) is 0 Å². The zero-order valence-corrected chi connectivity index (χ0v) is 10.2. The van der Waals surface area contributed by atoms with Crippen molar-refractivity contribution in [3.05, 3.63) is 35.7 Å². The Balaban J connectivity index is 1.73. The normalized spacial score (nSPS) is 15.2. The molecule has 1 aromatic carbocycles. The smallest absolute Gasteiger partial charge is 0.266 e. The number of nitrogens with two attached hydrogens (primary N) is 1. The van der Waals surface area contributed by atoms with Gasteiger partial charge in [0.25, 0.3) is 5.95 Å². The summed E-state index contributed by atoms with van der Waals surface area (Å²) in [5.41, 5.74) is 7.59. The van der Waals surface area contributed by atoms with Gasteiger partial charge in [0.15, 0.2) is 0 Å². The Morgan fingerprint density at radius 3 is 2.89 bits per heavy atom. The van der Waals surface area contributed by atoms with Crippen molar-refractivity contribution >= 4 is 11.6 Å². The molecule has 2 aromatic rings. The van der Waals surface area contributed by atoms with Crippen LogP contribution >= 0.6 is 0 Å². The van der Waals surface area contributed by atoms with Gasteiger partial charge in [0.1, 0.15) is 0 Å². The number of anilines is 2. The van der Waals surface area contributed by atoms with Gasteiger partial charge < -0.3 is 15.2 Å². The second-order valence-corrected chi connectivity index (χ2v) is 4.60. The van der Waals surface area contributed by atoms with Crippen LogP contribution in [0.1, 0.15) is 24.3 Å². The van der Waals surface area contributed by atoms with E-state index in [0.29, 0.717) is 18.3 Å². The molecule has 1 saturated heterocycles. The molecule has 0 spiro atoms. The fourth-order valence-corrected chi connectivity index (χ4v) is 2.24. The molecule has 1 aliphatic heterocycles. The largest absolute Gasteiger partial charge is 0.399 e. The van der Waals surface area contributed by atoms with E-state index in [1.807, 2.05) is 24.3 Å². The molecule has 2 heterocycles. The topological polar surface area (TPSA) is 68.2 Å². The fourth-order valence-electron chi connectivity index (χ4n) is 2.24. The van der Waals surface area contributed by atoms with E-state index in [4.69, 9.17) is 10.3 Å². The first-order chi connectivity index (χ1) is 8.81. The predicted molar refractivity (Wildman–Crippen MR) is 69.4 cm³/mol. The van der Waals surface area contributed by atoms with Gasteiger partial charge in [-0.3, -0.25) is 0 Å². The quantitative estimate of drug-likeness (QED) is 0.834. The molecule has 5 nitrogen and oxygen atoms in total.